The van der Waals surface area contributed by atoms with Crippen molar-refractivity contribution >= 4 is 11.9 Å². The third-order valence-corrected chi connectivity index (χ3v) is 3.65. The van der Waals surface area contributed by atoms with Crippen LogP contribution in [0, 0.1) is 5.92 Å². The van der Waals surface area contributed by atoms with Gasteiger partial charge < -0.3 is 10.4 Å². The SMILES string of the molecule is CC(NC(=O)CCCc1cccc(C(F)(F)F)c1)C(C)C(=O)O. The molecule has 0 heterocycles. The van der Waals surface area contributed by atoms with Crippen molar-refractivity contribution in [1.82, 2.24) is 5.32 Å². The number of halogens is 3. The lowest BCUT2D eigenvalue weighted by Crippen LogP contribution is -2.39. The summed E-state index contributed by atoms with van der Waals surface area (Å²) >= 11 is 0. The summed E-state index contributed by atoms with van der Waals surface area (Å²) in [4.78, 5) is 22.5. The first-order valence-electron chi connectivity index (χ1n) is 7.29. The van der Waals surface area contributed by atoms with Gasteiger partial charge in [0.2, 0.25) is 5.91 Å². The minimum absolute atomic E-state index is 0.132. The lowest BCUT2D eigenvalue weighted by Gasteiger charge is -2.17. The molecule has 1 aromatic carbocycles. The first-order chi connectivity index (χ1) is 10.6. The molecule has 0 saturated carbocycles. The molecule has 128 valence electrons. The Bertz CT molecular complexity index is 558. The Morgan fingerprint density at radius 2 is 1.91 bits per heavy atom. The maximum absolute atomic E-state index is 12.6. The topological polar surface area (TPSA) is 66.4 Å². The molecule has 2 N–H and O–H groups in total. The molecule has 0 aliphatic rings. The van der Waals surface area contributed by atoms with Gasteiger partial charge in [-0.2, -0.15) is 13.2 Å². The van der Waals surface area contributed by atoms with Crippen LogP contribution in [0.2, 0.25) is 0 Å². The van der Waals surface area contributed by atoms with Crippen molar-refractivity contribution in [3.05, 3.63) is 35.4 Å². The van der Waals surface area contributed by atoms with Gasteiger partial charge in [-0.3, -0.25) is 9.59 Å². The van der Waals surface area contributed by atoms with E-state index in [1.807, 2.05) is 0 Å². The molecule has 0 aromatic heterocycles. The molecule has 0 saturated heterocycles. The zero-order valence-corrected chi connectivity index (χ0v) is 13.0. The number of hydrogen-bond donors (Lipinski definition) is 2. The van der Waals surface area contributed by atoms with Crippen LogP contribution in [0.25, 0.3) is 0 Å². The Morgan fingerprint density at radius 3 is 2.48 bits per heavy atom. The summed E-state index contributed by atoms with van der Waals surface area (Å²) in [6, 6.07) is 4.50. The predicted octanol–water partition coefficient (Wildman–Crippen LogP) is 3.25. The van der Waals surface area contributed by atoms with E-state index < -0.39 is 29.7 Å². The van der Waals surface area contributed by atoms with E-state index in [-0.39, 0.29) is 12.3 Å². The van der Waals surface area contributed by atoms with Crippen LogP contribution in [0.4, 0.5) is 13.2 Å². The number of alkyl halides is 3. The number of carboxylic acid groups (broad SMARTS) is 1. The summed E-state index contributed by atoms with van der Waals surface area (Å²) < 4.78 is 37.8. The molecule has 2 atom stereocenters. The van der Waals surface area contributed by atoms with Gasteiger partial charge in [0, 0.05) is 12.5 Å². The second-order valence-corrected chi connectivity index (χ2v) is 5.53. The van der Waals surface area contributed by atoms with Gasteiger partial charge in [-0.05, 0) is 38.3 Å². The molecule has 0 radical (unpaired) electrons. The Balaban J connectivity index is 2.45. The molecule has 7 heteroatoms. The smallest absolute Gasteiger partial charge is 0.416 e. The normalized spacial score (nSPS) is 14.1. The van der Waals surface area contributed by atoms with Gasteiger partial charge in [0.1, 0.15) is 0 Å². The molecule has 23 heavy (non-hydrogen) atoms. The van der Waals surface area contributed by atoms with Gasteiger partial charge in [-0.15, -0.1) is 0 Å². The summed E-state index contributed by atoms with van der Waals surface area (Å²) in [5, 5.41) is 11.4. The lowest BCUT2D eigenvalue weighted by molar-refractivity contribution is -0.142. The number of aryl methyl sites for hydroxylation is 1. The van der Waals surface area contributed by atoms with Crippen molar-refractivity contribution in [2.75, 3.05) is 0 Å². The molecule has 1 rings (SSSR count). The molecular formula is C16H20F3NO3. The highest BCUT2D eigenvalue weighted by Crippen LogP contribution is 2.29. The summed E-state index contributed by atoms with van der Waals surface area (Å²) in [6.45, 7) is 3.10. The number of hydrogen-bond acceptors (Lipinski definition) is 2. The molecule has 1 aromatic rings. The molecule has 0 bridgehead atoms. The monoisotopic (exact) mass is 331 g/mol. The van der Waals surface area contributed by atoms with Crippen LogP contribution < -0.4 is 5.32 Å². The van der Waals surface area contributed by atoms with Crippen molar-refractivity contribution in [2.24, 2.45) is 5.92 Å². The number of carbonyl (C=O) groups is 2. The maximum Gasteiger partial charge on any atom is 0.416 e. The van der Waals surface area contributed by atoms with E-state index >= 15 is 0 Å². The van der Waals surface area contributed by atoms with Crippen molar-refractivity contribution < 1.29 is 27.9 Å². The quantitative estimate of drug-likeness (QED) is 0.806. The van der Waals surface area contributed by atoms with Gasteiger partial charge in [0.05, 0.1) is 11.5 Å². The highest BCUT2D eigenvalue weighted by Gasteiger charge is 2.30. The Kier molecular flexibility index (Phi) is 6.60. The second-order valence-electron chi connectivity index (χ2n) is 5.53. The molecule has 0 aliphatic carbocycles. The average molecular weight is 331 g/mol. The van der Waals surface area contributed by atoms with Crippen molar-refractivity contribution in [1.29, 1.82) is 0 Å². The molecule has 0 fully saturated rings. The average Bonchev–Trinajstić information content (AvgIpc) is 2.45. The van der Waals surface area contributed by atoms with E-state index in [9.17, 15) is 22.8 Å². The second kappa shape index (κ2) is 7.99. The minimum Gasteiger partial charge on any atom is -0.481 e. The highest BCUT2D eigenvalue weighted by atomic mass is 19.4. The number of aliphatic carboxylic acids is 1. The molecular weight excluding hydrogens is 311 g/mol. The van der Waals surface area contributed by atoms with Gasteiger partial charge in [-0.25, -0.2) is 0 Å². The number of benzene rings is 1. The summed E-state index contributed by atoms with van der Waals surface area (Å²) in [7, 11) is 0. The van der Waals surface area contributed by atoms with Gasteiger partial charge >= 0.3 is 12.1 Å². The van der Waals surface area contributed by atoms with Crippen LogP contribution in [-0.4, -0.2) is 23.0 Å². The number of carbonyl (C=O) groups excluding carboxylic acids is 1. The highest BCUT2D eigenvalue weighted by molar-refractivity contribution is 5.77. The van der Waals surface area contributed by atoms with Gasteiger partial charge in [-0.1, -0.05) is 18.2 Å². The molecule has 1 amide bonds. The van der Waals surface area contributed by atoms with Gasteiger partial charge in [0.15, 0.2) is 0 Å². The van der Waals surface area contributed by atoms with Crippen LogP contribution in [0.5, 0.6) is 0 Å². The van der Waals surface area contributed by atoms with Crippen LogP contribution in [0.1, 0.15) is 37.8 Å². The number of carboxylic acids is 1. The third-order valence-electron chi connectivity index (χ3n) is 3.65. The number of amides is 1. The van der Waals surface area contributed by atoms with Crippen LogP contribution >= 0.6 is 0 Å². The van der Waals surface area contributed by atoms with Gasteiger partial charge in [0.25, 0.3) is 0 Å². The van der Waals surface area contributed by atoms with E-state index in [4.69, 9.17) is 5.11 Å². The van der Waals surface area contributed by atoms with Crippen molar-refractivity contribution in [2.45, 2.75) is 45.3 Å². The van der Waals surface area contributed by atoms with E-state index in [1.165, 1.54) is 13.0 Å². The first kappa shape index (κ1) is 19.0. The predicted molar refractivity (Wildman–Crippen MR) is 78.8 cm³/mol. The standard InChI is InChI=1S/C16H20F3NO3/c1-10(15(22)23)11(2)20-14(21)8-4-6-12-5-3-7-13(9-12)16(17,18)19/h3,5,7,9-11H,4,6,8H2,1-2H3,(H,20,21)(H,22,23). The Morgan fingerprint density at radius 1 is 1.26 bits per heavy atom. The molecule has 2 unspecified atom stereocenters. The molecule has 0 spiro atoms. The fourth-order valence-electron chi connectivity index (χ4n) is 2.02. The largest absolute Gasteiger partial charge is 0.481 e. The van der Waals surface area contributed by atoms with Crippen LogP contribution in [-0.2, 0) is 22.2 Å². The zero-order chi connectivity index (χ0) is 17.6. The van der Waals surface area contributed by atoms with Crippen molar-refractivity contribution in [3.63, 3.8) is 0 Å². The molecule has 0 aliphatic heterocycles. The number of nitrogens with one attached hydrogen (secondary N) is 1. The van der Waals surface area contributed by atoms with E-state index in [1.54, 1.807) is 13.0 Å². The summed E-state index contributed by atoms with van der Waals surface area (Å²) in [5.74, 6) is -2.01. The number of rotatable bonds is 7. The first-order valence-corrected chi connectivity index (χ1v) is 7.29. The minimum atomic E-state index is -4.38. The fourth-order valence-corrected chi connectivity index (χ4v) is 2.02. The van der Waals surface area contributed by atoms with E-state index in [0.717, 1.165) is 12.1 Å². The van der Waals surface area contributed by atoms with Crippen molar-refractivity contribution in [3.8, 4) is 0 Å². The zero-order valence-electron chi connectivity index (χ0n) is 13.0. The molecule has 4 nitrogen and oxygen atoms in total. The third kappa shape index (κ3) is 6.30. The maximum atomic E-state index is 12.6. The summed E-state index contributed by atoms with van der Waals surface area (Å²) in [6.07, 6.45) is -3.51. The van der Waals surface area contributed by atoms with Crippen LogP contribution in [0.3, 0.4) is 0 Å². The lowest BCUT2D eigenvalue weighted by atomic mass is 10.0. The van der Waals surface area contributed by atoms with Crippen LogP contribution in [0.15, 0.2) is 24.3 Å². The van der Waals surface area contributed by atoms with E-state index in [2.05, 4.69) is 5.32 Å². The summed E-state index contributed by atoms with van der Waals surface area (Å²) in [5.41, 5.74) is -0.192. The fraction of sp³-hybridized carbons (Fsp3) is 0.500. The van der Waals surface area contributed by atoms with E-state index in [0.29, 0.717) is 18.4 Å². The Hall–Kier alpha value is -2.05. The Labute approximate surface area is 132 Å².